The van der Waals surface area contributed by atoms with Crippen LogP contribution in [-0.4, -0.2) is 54.4 Å². The lowest BCUT2D eigenvalue weighted by atomic mass is 10.0. The number of aromatic hydroxyl groups is 1. The molecular formula is C24H24Cl2FN3O2. The van der Waals surface area contributed by atoms with Crippen LogP contribution in [0.2, 0.25) is 10.0 Å². The predicted molar refractivity (Wildman–Crippen MR) is 127 cm³/mol. The minimum atomic E-state index is -0.430. The molecule has 2 heterocycles. The van der Waals surface area contributed by atoms with Crippen molar-refractivity contribution in [1.82, 2.24) is 9.88 Å². The largest absolute Gasteiger partial charge is 0.507 e. The SMILES string of the molecule is Cc1cc(O)c(-c2cc(-c3c(F)cccc3Cl)cc(NCCN3CCOCC3)n2)cc1Cl. The first-order valence-electron chi connectivity index (χ1n) is 10.4. The van der Waals surface area contributed by atoms with E-state index in [1.54, 1.807) is 36.4 Å². The quantitative estimate of drug-likeness (QED) is 0.484. The summed E-state index contributed by atoms with van der Waals surface area (Å²) in [6, 6.07) is 11.3. The summed E-state index contributed by atoms with van der Waals surface area (Å²) in [7, 11) is 0. The summed E-state index contributed by atoms with van der Waals surface area (Å²) in [4.78, 5) is 6.97. The van der Waals surface area contributed by atoms with Crippen LogP contribution in [0.4, 0.5) is 10.2 Å². The third kappa shape index (κ3) is 5.15. The Morgan fingerprint density at radius 1 is 1.12 bits per heavy atom. The van der Waals surface area contributed by atoms with Crippen LogP contribution in [0.3, 0.4) is 0 Å². The number of ether oxygens (including phenoxy) is 1. The Bertz CT molecular complexity index is 1100. The monoisotopic (exact) mass is 475 g/mol. The molecule has 0 saturated carbocycles. The van der Waals surface area contributed by atoms with E-state index in [2.05, 4.69) is 15.2 Å². The molecule has 1 saturated heterocycles. The van der Waals surface area contributed by atoms with E-state index in [0.29, 0.717) is 39.2 Å². The predicted octanol–water partition coefficient (Wildman–Crippen LogP) is 5.62. The van der Waals surface area contributed by atoms with Crippen molar-refractivity contribution >= 4 is 29.0 Å². The van der Waals surface area contributed by atoms with E-state index in [-0.39, 0.29) is 11.3 Å². The molecule has 2 N–H and O–H groups in total. The summed E-state index contributed by atoms with van der Waals surface area (Å²) in [5.74, 6) is 0.178. The van der Waals surface area contributed by atoms with Gasteiger partial charge < -0.3 is 15.2 Å². The molecule has 5 nitrogen and oxygen atoms in total. The Labute approximate surface area is 196 Å². The first-order chi connectivity index (χ1) is 15.4. The van der Waals surface area contributed by atoms with Gasteiger partial charge in [0.2, 0.25) is 0 Å². The van der Waals surface area contributed by atoms with Crippen molar-refractivity contribution in [1.29, 1.82) is 0 Å². The van der Waals surface area contributed by atoms with Gasteiger partial charge in [0, 0.05) is 42.3 Å². The van der Waals surface area contributed by atoms with E-state index >= 15 is 0 Å². The highest BCUT2D eigenvalue weighted by molar-refractivity contribution is 6.33. The van der Waals surface area contributed by atoms with E-state index in [1.807, 2.05) is 6.92 Å². The van der Waals surface area contributed by atoms with E-state index in [0.717, 1.165) is 38.4 Å². The van der Waals surface area contributed by atoms with Gasteiger partial charge in [-0.05, 0) is 54.4 Å². The molecule has 0 aliphatic carbocycles. The number of aryl methyl sites for hydroxylation is 1. The van der Waals surface area contributed by atoms with Gasteiger partial charge in [-0.15, -0.1) is 0 Å². The molecule has 3 aromatic rings. The van der Waals surface area contributed by atoms with Gasteiger partial charge in [0.1, 0.15) is 17.4 Å². The number of rotatable bonds is 6. The van der Waals surface area contributed by atoms with Crippen LogP contribution >= 0.6 is 23.2 Å². The molecule has 1 fully saturated rings. The van der Waals surface area contributed by atoms with Gasteiger partial charge >= 0.3 is 0 Å². The van der Waals surface area contributed by atoms with Crippen molar-refractivity contribution in [3.05, 3.63) is 63.9 Å². The summed E-state index contributed by atoms with van der Waals surface area (Å²) in [5, 5.41) is 14.7. The average Bonchev–Trinajstić information content (AvgIpc) is 2.77. The number of phenolic OH excluding ortho intramolecular Hbond substituents is 1. The van der Waals surface area contributed by atoms with E-state index in [1.165, 1.54) is 6.07 Å². The topological polar surface area (TPSA) is 57.6 Å². The number of pyridine rings is 1. The number of halogens is 3. The average molecular weight is 476 g/mol. The zero-order chi connectivity index (χ0) is 22.7. The summed E-state index contributed by atoms with van der Waals surface area (Å²) >= 11 is 12.6. The fraction of sp³-hybridized carbons (Fsp3) is 0.292. The number of benzene rings is 2. The number of nitrogens with one attached hydrogen (secondary N) is 1. The van der Waals surface area contributed by atoms with Gasteiger partial charge in [-0.2, -0.15) is 0 Å². The number of phenols is 1. The van der Waals surface area contributed by atoms with Gasteiger partial charge in [0.15, 0.2) is 0 Å². The van der Waals surface area contributed by atoms with Crippen LogP contribution in [-0.2, 0) is 4.74 Å². The molecule has 8 heteroatoms. The molecular weight excluding hydrogens is 452 g/mol. The fourth-order valence-electron chi connectivity index (χ4n) is 3.72. The number of hydrogen-bond acceptors (Lipinski definition) is 5. The molecule has 0 radical (unpaired) electrons. The van der Waals surface area contributed by atoms with Crippen molar-refractivity contribution < 1.29 is 14.2 Å². The molecule has 1 aliphatic heterocycles. The Hall–Kier alpha value is -2.38. The second kappa shape index (κ2) is 10.0. The normalized spacial score (nSPS) is 14.5. The highest BCUT2D eigenvalue weighted by Crippen LogP contribution is 2.38. The van der Waals surface area contributed by atoms with Crippen molar-refractivity contribution in [2.45, 2.75) is 6.92 Å². The maximum Gasteiger partial charge on any atom is 0.132 e. The molecule has 0 atom stereocenters. The third-order valence-electron chi connectivity index (χ3n) is 5.47. The van der Waals surface area contributed by atoms with Crippen LogP contribution in [0.1, 0.15) is 5.56 Å². The Morgan fingerprint density at radius 2 is 1.91 bits per heavy atom. The molecule has 0 bridgehead atoms. The van der Waals surface area contributed by atoms with Crippen molar-refractivity contribution in [2.75, 3.05) is 44.7 Å². The van der Waals surface area contributed by atoms with Gasteiger partial charge in [0.25, 0.3) is 0 Å². The second-order valence-corrected chi connectivity index (χ2v) is 8.54. The Kier molecular flexibility index (Phi) is 7.16. The molecule has 0 amide bonds. The highest BCUT2D eigenvalue weighted by Gasteiger charge is 2.16. The van der Waals surface area contributed by atoms with E-state index in [9.17, 15) is 9.50 Å². The molecule has 0 unspecified atom stereocenters. The molecule has 168 valence electrons. The van der Waals surface area contributed by atoms with Crippen LogP contribution in [0.5, 0.6) is 5.75 Å². The second-order valence-electron chi connectivity index (χ2n) is 7.72. The third-order valence-corrected chi connectivity index (χ3v) is 6.19. The lowest BCUT2D eigenvalue weighted by Crippen LogP contribution is -2.39. The smallest absolute Gasteiger partial charge is 0.132 e. The maximum atomic E-state index is 14.7. The van der Waals surface area contributed by atoms with Crippen LogP contribution < -0.4 is 5.32 Å². The fourth-order valence-corrected chi connectivity index (χ4v) is 4.15. The lowest BCUT2D eigenvalue weighted by Gasteiger charge is -2.26. The zero-order valence-electron chi connectivity index (χ0n) is 17.7. The summed E-state index contributed by atoms with van der Waals surface area (Å²) < 4.78 is 20.1. The summed E-state index contributed by atoms with van der Waals surface area (Å²) in [6.07, 6.45) is 0. The zero-order valence-corrected chi connectivity index (χ0v) is 19.2. The number of aromatic nitrogens is 1. The molecule has 2 aromatic carbocycles. The first-order valence-corrected chi connectivity index (χ1v) is 11.2. The van der Waals surface area contributed by atoms with Gasteiger partial charge in [-0.25, -0.2) is 9.37 Å². The minimum absolute atomic E-state index is 0.0513. The van der Waals surface area contributed by atoms with Crippen LogP contribution in [0, 0.1) is 12.7 Å². The van der Waals surface area contributed by atoms with Gasteiger partial charge in [0.05, 0.1) is 23.9 Å². The number of anilines is 1. The minimum Gasteiger partial charge on any atom is -0.507 e. The number of hydrogen-bond donors (Lipinski definition) is 2. The first kappa shape index (κ1) is 22.8. The van der Waals surface area contributed by atoms with E-state index in [4.69, 9.17) is 27.9 Å². The van der Waals surface area contributed by atoms with Crippen LogP contribution in [0.25, 0.3) is 22.4 Å². The lowest BCUT2D eigenvalue weighted by molar-refractivity contribution is 0.0398. The standard InChI is InChI=1S/C24H24Cl2FN3O2/c1-15-11-22(31)17(14-19(15)26)21-12-16(24-18(25)3-2-4-20(24)27)13-23(29-21)28-5-6-30-7-9-32-10-8-30/h2-4,11-14,31H,5-10H2,1H3,(H,28,29). The van der Waals surface area contributed by atoms with Gasteiger partial charge in [-0.1, -0.05) is 29.3 Å². The molecule has 1 aliphatic rings. The molecule has 1 aromatic heterocycles. The molecule has 32 heavy (non-hydrogen) atoms. The number of morpholine rings is 1. The summed E-state index contributed by atoms with van der Waals surface area (Å²) in [6.45, 7) is 6.54. The maximum absolute atomic E-state index is 14.7. The molecule has 4 rings (SSSR count). The Morgan fingerprint density at radius 3 is 2.66 bits per heavy atom. The Balaban J connectivity index is 1.71. The molecule has 0 spiro atoms. The number of nitrogens with zero attached hydrogens (tertiary/aromatic N) is 2. The summed E-state index contributed by atoms with van der Waals surface area (Å²) in [5.41, 5.74) is 2.53. The van der Waals surface area contributed by atoms with Crippen LogP contribution in [0.15, 0.2) is 42.5 Å². The highest BCUT2D eigenvalue weighted by atomic mass is 35.5. The van der Waals surface area contributed by atoms with Gasteiger partial charge in [-0.3, -0.25) is 4.90 Å². The van der Waals surface area contributed by atoms with Crippen molar-refractivity contribution in [2.24, 2.45) is 0 Å². The van der Waals surface area contributed by atoms with Crippen molar-refractivity contribution in [3.63, 3.8) is 0 Å². The van der Waals surface area contributed by atoms with Crippen molar-refractivity contribution in [3.8, 4) is 28.1 Å². The van der Waals surface area contributed by atoms with E-state index < -0.39 is 5.82 Å².